The third-order valence-corrected chi connectivity index (χ3v) is 4.69. The van der Waals surface area contributed by atoms with Crippen LogP contribution in [0.3, 0.4) is 0 Å². The Bertz CT molecular complexity index is 773. The Morgan fingerprint density at radius 1 is 1.36 bits per heavy atom. The maximum atomic E-state index is 14.4. The Morgan fingerprint density at radius 2 is 2.08 bits per heavy atom. The fourth-order valence-corrected chi connectivity index (χ4v) is 3.74. The van der Waals surface area contributed by atoms with E-state index >= 15 is 0 Å². The van der Waals surface area contributed by atoms with Gasteiger partial charge in [0.1, 0.15) is 10.7 Å². The highest BCUT2D eigenvalue weighted by Crippen LogP contribution is 2.34. The lowest BCUT2D eigenvalue weighted by atomic mass is 10.1. The predicted octanol–water partition coefficient (Wildman–Crippen LogP) is 3.17. The van der Waals surface area contributed by atoms with Gasteiger partial charge in [-0.3, -0.25) is 9.69 Å². The Kier molecular flexibility index (Phi) is 6.50. The van der Waals surface area contributed by atoms with E-state index in [9.17, 15) is 14.0 Å². The zero-order valence-electron chi connectivity index (χ0n) is 14.9. The zero-order valence-corrected chi connectivity index (χ0v) is 15.7. The van der Waals surface area contributed by atoms with Crippen LogP contribution in [0, 0.1) is 5.82 Å². The van der Waals surface area contributed by atoms with Crippen LogP contribution in [0.5, 0.6) is 0 Å². The molecule has 0 atom stereocenters. The van der Waals surface area contributed by atoms with Crippen molar-refractivity contribution < 1.29 is 18.7 Å². The molecular weight excluding hydrogens is 343 g/mol. The highest BCUT2D eigenvalue weighted by Gasteiger charge is 2.23. The highest BCUT2D eigenvalue weighted by molar-refractivity contribution is 7.21. The second kappa shape index (κ2) is 8.40. The van der Waals surface area contributed by atoms with E-state index in [1.165, 1.54) is 17.4 Å². The molecule has 1 amide bonds. The van der Waals surface area contributed by atoms with Gasteiger partial charge < -0.3 is 10.1 Å². The molecule has 2 aromatic rings. The molecule has 0 aliphatic heterocycles. The number of amides is 1. The summed E-state index contributed by atoms with van der Waals surface area (Å²) in [4.78, 5) is 26.3. The molecule has 1 N–H and O–H groups in total. The number of nitrogens with zero attached hydrogens (tertiary/aromatic N) is 1. The number of esters is 1. The maximum absolute atomic E-state index is 14.4. The normalized spacial score (nSPS) is 11.3. The van der Waals surface area contributed by atoms with Crippen molar-refractivity contribution in [1.29, 1.82) is 0 Å². The first-order chi connectivity index (χ1) is 11.8. The molecule has 0 fully saturated rings. The summed E-state index contributed by atoms with van der Waals surface area (Å²) in [5.41, 5.74) is 0.566. The molecule has 0 spiro atoms. The predicted molar refractivity (Wildman–Crippen MR) is 97.4 cm³/mol. The maximum Gasteiger partial charge on any atom is 0.348 e. The molecule has 0 radical (unpaired) electrons. The van der Waals surface area contributed by atoms with Gasteiger partial charge in [-0.05, 0) is 40.0 Å². The van der Waals surface area contributed by atoms with Crippen molar-refractivity contribution in [2.45, 2.75) is 33.4 Å². The van der Waals surface area contributed by atoms with Gasteiger partial charge in [0.2, 0.25) is 5.91 Å². The number of carbonyl (C=O) groups excluding carboxylic acids is 2. The largest absolute Gasteiger partial charge is 0.462 e. The number of hydrogen-bond donors (Lipinski definition) is 1. The van der Waals surface area contributed by atoms with E-state index < -0.39 is 5.97 Å². The summed E-state index contributed by atoms with van der Waals surface area (Å²) in [5.74, 6) is -0.951. The van der Waals surface area contributed by atoms with Gasteiger partial charge in [-0.2, -0.15) is 0 Å². The minimum Gasteiger partial charge on any atom is -0.462 e. The SMILES string of the molecule is CCOC(=O)c1sc2cccc(F)c2c1CN(C)CC(=O)NC(C)C. The van der Waals surface area contributed by atoms with Gasteiger partial charge >= 0.3 is 5.97 Å². The van der Waals surface area contributed by atoms with Gasteiger partial charge in [0.25, 0.3) is 0 Å². The molecule has 7 heteroatoms. The van der Waals surface area contributed by atoms with Gasteiger partial charge in [0, 0.05) is 28.2 Å². The third-order valence-electron chi connectivity index (χ3n) is 3.52. The number of thiophene rings is 1. The summed E-state index contributed by atoms with van der Waals surface area (Å²) >= 11 is 1.22. The van der Waals surface area contributed by atoms with E-state index in [0.29, 0.717) is 20.5 Å². The quantitative estimate of drug-likeness (QED) is 0.765. The van der Waals surface area contributed by atoms with Crippen molar-refractivity contribution in [2.75, 3.05) is 20.2 Å². The number of fused-ring (bicyclic) bond motifs is 1. The summed E-state index contributed by atoms with van der Waals surface area (Å²) in [7, 11) is 1.76. The molecule has 0 unspecified atom stereocenters. The first kappa shape index (κ1) is 19.3. The monoisotopic (exact) mass is 366 g/mol. The summed E-state index contributed by atoms with van der Waals surface area (Å²) in [6, 6.07) is 4.82. The molecule has 0 bridgehead atoms. The fourth-order valence-electron chi connectivity index (χ4n) is 2.62. The Balaban J connectivity index is 2.32. The van der Waals surface area contributed by atoms with Crippen LogP contribution in [0.15, 0.2) is 18.2 Å². The molecule has 136 valence electrons. The number of likely N-dealkylation sites (N-methyl/N-ethyl adjacent to an activating group) is 1. The molecule has 0 aliphatic carbocycles. The second-order valence-electron chi connectivity index (χ2n) is 6.14. The molecule has 25 heavy (non-hydrogen) atoms. The summed E-state index contributed by atoms with van der Waals surface area (Å²) in [6.45, 7) is 6.19. The molecule has 2 rings (SSSR count). The van der Waals surface area contributed by atoms with Crippen molar-refractivity contribution in [2.24, 2.45) is 0 Å². The van der Waals surface area contributed by atoms with Crippen LogP contribution < -0.4 is 5.32 Å². The van der Waals surface area contributed by atoms with Crippen molar-refractivity contribution >= 4 is 33.3 Å². The number of halogens is 1. The molecule has 1 aromatic carbocycles. The summed E-state index contributed by atoms with van der Waals surface area (Å²) < 4.78 is 20.1. The lowest BCUT2D eigenvalue weighted by Gasteiger charge is -2.18. The average Bonchev–Trinajstić information content (AvgIpc) is 2.86. The van der Waals surface area contributed by atoms with Crippen LogP contribution in [0.1, 0.15) is 36.0 Å². The Hall–Kier alpha value is -1.99. The van der Waals surface area contributed by atoms with Gasteiger partial charge in [-0.25, -0.2) is 9.18 Å². The van der Waals surface area contributed by atoms with Crippen LogP contribution in [0.2, 0.25) is 0 Å². The van der Waals surface area contributed by atoms with E-state index in [4.69, 9.17) is 4.74 Å². The topological polar surface area (TPSA) is 58.6 Å². The minimum atomic E-state index is -0.460. The Labute approximate surface area is 150 Å². The van der Waals surface area contributed by atoms with Crippen LogP contribution in [-0.4, -0.2) is 43.0 Å². The van der Waals surface area contributed by atoms with Crippen molar-refractivity contribution in [3.05, 3.63) is 34.5 Å². The molecule has 0 saturated heterocycles. The smallest absolute Gasteiger partial charge is 0.348 e. The number of benzene rings is 1. The van der Waals surface area contributed by atoms with E-state index in [1.54, 1.807) is 31.0 Å². The molecule has 1 aromatic heterocycles. The third kappa shape index (κ3) is 4.76. The lowest BCUT2D eigenvalue weighted by Crippen LogP contribution is -2.38. The average molecular weight is 366 g/mol. The van der Waals surface area contributed by atoms with E-state index in [0.717, 1.165) is 0 Å². The first-order valence-corrected chi connectivity index (χ1v) is 9.00. The fraction of sp³-hybridized carbons (Fsp3) is 0.444. The Morgan fingerprint density at radius 3 is 2.72 bits per heavy atom. The number of rotatable bonds is 7. The number of ether oxygens (including phenoxy) is 1. The van der Waals surface area contributed by atoms with Crippen LogP contribution in [-0.2, 0) is 16.1 Å². The van der Waals surface area contributed by atoms with Gasteiger partial charge in [-0.15, -0.1) is 11.3 Å². The number of nitrogens with one attached hydrogen (secondary N) is 1. The van der Waals surface area contributed by atoms with Crippen molar-refractivity contribution in [1.82, 2.24) is 10.2 Å². The van der Waals surface area contributed by atoms with Crippen LogP contribution >= 0.6 is 11.3 Å². The van der Waals surface area contributed by atoms with Crippen LogP contribution in [0.25, 0.3) is 10.1 Å². The number of hydrogen-bond acceptors (Lipinski definition) is 5. The summed E-state index contributed by atoms with van der Waals surface area (Å²) in [6.07, 6.45) is 0. The number of carbonyl (C=O) groups is 2. The van der Waals surface area contributed by atoms with Gasteiger partial charge in [0.15, 0.2) is 0 Å². The van der Waals surface area contributed by atoms with Crippen LogP contribution in [0.4, 0.5) is 4.39 Å². The minimum absolute atomic E-state index is 0.0513. The second-order valence-corrected chi connectivity index (χ2v) is 7.19. The van der Waals surface area contributed by atoms with Gasteiger partial charge in [0.05, 0.1) is 13.2 Å². The van der Waals surface area contributed by atoms with Crippen molar-refractivity contribution in [3.63, 3.8) is 0 Å². The zero-order chi connectivity index (χ0) is 18.6. The standard InChI is InChI=1S/C18H23FN2O3S/c1-5-24-18(23)17-12(9-21(4)10-15(22)20-11(2)3)16-13(19)7-6-8-14(16)25-17/h6-8,11H,5,9-10H2,1-4H3,(H,20,22). The molecule has 0 saturated carbocycles. The molecular formula is C18H23FN2O3S. The van der Waals surface area contributed by atoms with E-state index in [1.807, 2.05) is 13.8 Å². The van der Waals surface area contributed by atoms with E-state index in [2.05, 4.69) is 5.32 Å². The highest BCUT2D eigenvalue weighted by atomic mass is 32.1. The lowest BCUT2D eigenvalue weighted by molar-refractivity contribution is -0.122. The van der Waals surface area contributed by atoms with Gasteiger partial charge in [-0.1, -0.05) is 6.07 Å². The summed E-state index contributed by atoms with van der Waals surface area (Å²) in [5, 5.41) is 3.24. The molecule has 1 heterocycles. The molecule has 0 aliphatic rings. The molecule has 5 nitrogen and oxygen atoms in total. The van der Waals surface area contributed by atoms with E-state index in [-0.39, 0.29) is 37.5 Å². The first-order valence-electron chi connectivity index (χ1n) is 8.18. The van der Waals surface area contributed by atoms with Crippen molar-refractivity contribution in [3.8, 4) is 0 Å².